The minimum absolute atomic E-state index is 0.236. The third-order valence-corrected chi connectivity index (χ3v) is 4.63. The molecule has 2 aromatic carbocycles. The Balaban J connectivity index is 2.24. The zero-order chi connectivity index (χ0) is 18.7. The van der Waals surface area contributed by atoms with E-state index in [1.165, 1.54) is 0 Å². The van der Waals surface area contributed by atoms with Crippen LogP contribution < -0.4 is 18.9 Å². The van der Waals surface area contributed by atoms with Gasteiger partial charge in [0.15, 0.2) is 0 Å². The van der Waals surface area contributed by atoms with Gasteiger partial charge in [-0.25, -0.2) is 0 Å². The summed E-state index contributed by atoms with van der Waals surface area (Å²) >= 11 is 0. The molecule has 5 heteroatoms. The largest absolute Gasteiger partial charge is 0.497 e. The van der Waals surface area contributed by atoms with E-state index in [1.807, 2.05) is 24.3 Å². The van der Waals surface area contributed by atoms with Gasteiger partial charge in [0.05, 0.1) is 27.2 Å². The Kier molecular flexibility index (Phi) is 5.16. The Morgan fingerprint density at radius 3 is 2.50 bits per heavy atom. The van der Waals surface area contributed by atoms with Crippen LogP contribution in [-0.4, -0.2) is 27.3 Å². The molecule has 0 radical (unpaired) electrons. The summed E-state index contributed by atoms with van der Waals surface area (Å²) in [6, 6.07) is 11.2. The first-order valence-corrected chi connectivity index (χ1v) is 8.35. The summed E-state index contributed by atoms with van der Waals surface area (Å²) in [5, 5.41) is 0. The van der Waals surface area contributed by atoms with Crippen molar-refractivity contribution in [1.82, 2.24) is 0 Å². The number of hydrogen-bond acceptors (Lipinski definition) is 5. The average Bonchev–Trinajstić information content (AvgIpc) is 2.67. The molecule has 0 N–H and O–H groups in total. The van der Waals surface area contributed by atoms with E-state index in [4.69, 9.17) is 18.9 Å². The van der Waals surface area contributed by atoms with Gasteiger partial charge in [-0.05, 0) is 24.1 Å². The molecule has 0 bridgehead atoms. The highest BCUT2D eigenvalue weighted by Crippen LogP contribution is 2.49. The molecule has 0 amide bonds. The maximum absolute atomic E-state index is 12.7. The summed E-state index contributed by atoms with van der Waals surface area (Å²) in [6.07, 6.45) is 2.23. The van der Waals surface area contributed by atoms with Gasteiger partial charge in [0.25, 0.3) is 0 Å². The second-order valence-electron chi connectivity index (χ2n) is 6.05. The third-order valence-electron chi connectivity index (χ3n) is 4.63. The molecular weight excluding hydrogens is 332 g/mol. The number of fused-ring (bicyclic) bond motifs is 1. The lowest BCUT2D eigenvalue weighted by Crippen LogP contribution is -2.32. The van der Waals surface area contributed by atoms with Gasteiger partial charge >= 0.3 is 5.97 Å². The molecule has 0 saturated carbocycles. The molecule has 1 aliphatic heterocycles. The van der Waals surface area contributed by atoms with E-state index in [9.17, 15) is 4.79 Å². The number of carbonyl (C=O) groups excluding carboxylic acids is 1. The Labute approximate surface area is 153 Å². The Bertz CT molecular complexity index is 827. The number of benzene rings is 2. The van der Waals surface area contributed by atoms with Crippen molar-refractivity contribution in [3.63, 3.8) is 0 Å². The lowest BCUT2D eigenvalue weighted by atomic mass is 9.76. The van der Waals surface area contributed by atoms with E-state index >= 15 is 0 Å². The van der Waals surface area contributed by atoms with Crippen molar-refractivity contribution in [1.29, 1.82) is 0 Å². The van der Waals surface area contributed by atoms with Gasteiger partial charge in [-0.15, -0.1) is 6.58 Å². The van der Waals surface area contributed by atoms with Crippen LogP contribution in [0, 0.1) is 5.92 Å². The predicted molar refractivity (Wildman–Crippen MR) is 98.3 cm³/mol. The van der Waals surface area contributed by atoms with Gasteiger partial charge in [-0.3, -0.25) is 4.79 Å². The van der Waals surface area contributed by atoms with E-state index in [1.54, 1.807) is 39.5 Å². The molecular formula is C21H22O5. The normalized spacial score (nSPS) is 18.5. The lowest BCUT2D eigenvalue weighted by Gasteiger charge is -2.33. The smallest absolute Gasteiger partial charge is 0.315 e. The molecule has 2 aromatic rings. The summed E-state index contributed by atoms with van der Waals surface area (Å²) in [7, 11) is 4.78. The molecule has 0 aromatic heterocycles. The lowest BCUT2D eigenvalue weighted by molar-refractivity contribution is -0.140. The molecule has 0 aliphatic carbocycles. The summed E-state index contributed by atoms with van der Waals surface area (Å²) < 4.78 is 21.9. The highest BCUT2D eigenvalue weighted by Gasteiger charge is 2.40. The van der Waals surface area contributed by atoms with Crippen LogP contribution in [0.3, 0.4) is 0 Å². The summed E-state index contributed by atoms with van der Waals surface area (Å²) in [4.78, 5) is 12.7. The number of allylic oxidation sites excluding steroid dienone is 1. The van der Waals surface area contributed by atoms with Gasteiger partial charge in [-0.2, -0.15) is 0 Å². The van der Waals surface area contributed by atoms with Crippen molar-refractivity contribution in [3.8, 4) is 23.0 Å². The molecule has 26 heavy (non-hydrogen) atoms. The molecule has 136 valence electrons. The standard InChI is InChI=1S/C21H22O5/c1-5-7-16-19(13-8-6-9-14(10-13)23-2)20-17(25-4)11-15(24-3)12-18(20)26-21(16)22/h5-6,8-12,16,19H,1,7H2,2-4H3/t16-,19+/m0/s1. The fourth-order valence-corrected chi connectivity index (χ4v) is 3.42. The molecule has 0 spiro atoms. The first-order chi connectivity index (χ1) is 12.6. The maximum Gasteiger partial charge on any atom is 0.315 e. The highest BCUT2D eigenvalue weighted by molar-refractivity contribution is 5.82. The van der Waals surface area contributed by atoms with Crippen LogP contribution in [0.2, 0.25) is 0 Å². The number of carbonyl (C=O) groups is 1. The monoisotopic (exact) mass is 354 g/mol. The van der Waals surface area contributed by atoms with Crippen molar-refractivity contribution >= 4 is 5.97 Å². The number of esters is 1. The Morgan fingerprint density at radius 1 is 1.08 bits per heavy atom. The first-order valence-electron chi connectivity index (χ1n) is 8.35. The summed E-state index contributed by atoms with van der Waals surface area (Å²) in [5.74, 6) is 1.45. The average molecular weight is 354 g/mol. The number of rotatable bonds is 6. The van der Waals surface area contributed by atoms with E-state index in [0.29, 0.717) is 23.7 Å². The molecule has 0 unspecified atom stereocenters. The minimum Gasteiger partial charge on any atom is -0.497 e. The van der Waals surface area contributed by atoms with Crippen LogP contribution in [-0.2, 0) is 4.79 Å². The summed E-state index contributed by atoms with van der Waals surface area (Å²) in [6.45, 7) is 3.79. The van der Waals surface area contributed by atoms with Gasteiger partial charge in [0.2, 0.25) is 0 Å². The van der Waals surface area contributed by atoms with Crippen LogP contribution in [0.15, 0.2) is 49.1 Å². The molecule has 5 nitrogen and oxygen atoms in total. The van der Waals surface area contributed by atoms with Gasteiger partial charge in [0.1, 0.15) is 23.0 Å². The summed E-state index contributed by atoms with van der Waals surface area (Å²) in [5.41, 5.74) is 1.78. The van der Waals surface area contributed by atoms with Crippen LogP contribution in [0.25, 0.3) is 0 Å². The minimum atomic E-state index is -0.394. The maximum atomic E-state index is 12.7. The fourth-order valence-electron chi connectivity index (χ4n) is 3.42. The Hall–Kier alpha value is -2.95. The van der Waals surface area contributed by atoms with Crippen LogP contribution in [0.4, 0.5) is 0 Å². The highest BCUT2D eigenvalue weighted by atomic mass is 16.5. The molecule has 3 rings (SSSR count). The second-order valence-corrected chi connectivity index (χ2v) is 6.05. The first kappa shape index (κ1) is 17.9. The number of methoxy groups -OCH3 is 3. The van der Waals surface area contributed by atoms with Gasteiger partial charge in [0, 0.05) is 23.6 Å². The van der Waals surface area contributed by atoms with Crippen LogP contribution in [0.5, 0.6) is 23.0 Å². The van der Waals surface area contributed by atoms with Crippen molar-refractivity contribution in [2.45, 2.75) is 12.3 Å². The molecule has 0 fully saturated rings. The molecule has 0 saturated heterocycles. The fraction of sp³-hybridized carbons (Fsp3) is 0.286. The third kappa shape index (κ3) is 3.12. The van der Waals surface area contributed by atoms with E-state index in [-0.39, 0.29) is 11.9 Å². The van der Waals surface area contributed by atoms with Crippen LogP contribution in [0.1, 0.15) is 23.5 Å². The zero-order valence-electron chi connectivity index (χ0n) is 15.2. The number of ether oxygens (including phenoxy) is 4. The SMILES string of the molecule is C=CC[C@@H]1C(=O)Oc2cc(OC)cc(OC)c2[C@@H]1c1cccc(OC)c1. The van der Waals surface area contributed by atoms with E-state index in [0.717, 1.165) is 16.9 Å². The zero-order valence-corrected chi connectivity index (χ0v) is 15.2. The predicted octanol–water partition coefficient (Wildman–Crippen LogP) is 3.96. The van der Waals surface area contributed by atoms with Crippen molar-refractivity contribution < 1.29 is 23.7 Å². The van der Waals surface area contributed by atoms with E-state index in [2.05, 4.69) is 6.58 Å². The Morgan fingerprint density at radius 2 is 1.85 bits per heavy atom. The van der Waals surface area contributed by atoms with Crippen molar-refractivity contribution in [2.24, 2.45) is 5.92 Å². The number of hydrogen-bond donors (Lipinski definition) is 0. The quantitative estimate of drug-likeness (QED) is 0.447. The van der Waals surface area contributed by atoms with Gasteiger partial charge < -0.3 is 18.9 Å². The topological polar surface area (TPSA) is 54.0 Å². The molecule has 1 heterocycles. The van der Waals surface area contributed by atoms with Crippen molar-refractivity contribution in [2.75, 3.05) is 21.3 Å². The van der Waals surface area contributed by atoms with Crippen LogP contribution >= 0.6 is 0 Å². The van der Waals surface area contributed by atoms with Gasteiger partial charge in [-0.1, -0.05) is 18.2 Å². The van der Waals surface area contributed by atoms with Crippen molar-refractivity contribution in [3.05, 3.63) is 60.2 Å². The van der Waals surface area contributed by atoms with E-state index < -0.39 is 5.92 Å². The second kappa shape index (κ2) is 7.52. The molecule has 1 aliphatic rings. The molecule has 2 atom stereocenters.